The van der Waals surface area contributed by atoms with E-state index in [1.807, 2.05) is 0 Å². The lowest BCUT2D eigenvalue weighted by molar-refractivity contribution is -0.122. The van der Waals surface area contributed by atoms with Crippen LogP contribution in [0.1, 0.15) is 49.3 Å². The molecule has 1 fully saturated rings. The molecular formula is C17H24BrClN2O. The molecule has 5 heteroatoms. The maximum atomic E-state index is 12.2. The van der Waals surface area contributed by atoms with Crippen molar-refractivity contribution >= 4 is 34.2 Å². The fraction of sp³-hybridized carbons (Fsp3) is 0.588. The van der Waals surface area contributed by atoms with E-state index in [4.69, 9.17) is 0 Å². The first kappa shape index (κ1) is 17.8. The van der Waals surface area contributed by atoms with E-state index in [0.29, 0.717) is 6.42 Å². The summed E-state index contributed by atoms with van der Waals surface area (Å²) < 4.78 is 1.12. The molecule has 0 spiro atoms. The molecule has 1 aromatic rings. The van der Waals surface area contributed by atoms with Gasteiger partial charge in [-0.05, 0) is 74.4 Å². The van der Waals surface area contributed by atoms with Gasteiger partial charge in [0.25, 0.3) is 0 Å². The van der Waals surface area contributed by atoms with Crippen molar-refractivity contribution in [3.05, 3.63) is 33.8 Å². The average molecular weight is 388 g/mol. The summed E-state index contributed by atoms with van der Waals surface area (Å²) in [4.78, 5) is 12.2. The molecule has 0 radical (unpaired) electrons. The molecule has 1 saturated heterocycles. The molecule has 3 nitrogen and oxygen atoms in total. The van der Waals surface area contributed by atoms with Crippen LogP contribution < -0.4 is 10.6 Å². The third-order valence-corrected chi connectivity index (χ3v) is 5.25. The molecule has 3 rings (SSSR count). The second-order valence-electron chi connectivity index (χ2n) is 6.23. The summed E-state index contributed by atoms with van der Waals surface area (Å²) in [5.41, 5.74) is 2.67. The molecule has 122 valence electrons. The fourth-order valence-electron chi connectivity index (χ4n) is 3.51. The quantitative estimate of drug-likeness (QED) is 0.826. The van der Waals surface area contributed by atoms with Crippen LogP contribution in [0, 0.1) is 5.92 Å². The molecular weight excluding hydrogens is 364 g/mol. The number of amides is 1. The topological polar surface area (TPSA) is 41.1 Å². The Hall–Kier alpha value is -0.580. The Balaban J connectivity index is 0.00000176. The maximum absolute atomic E-state index is 12.2. The van der Waals surface area contributed by atoms with Gasteiger partial charge >= 0.3 is 0 Å². The molecule has 1 amide bonds. The minimum atomic E-state index is 0. The van der Waals surface area contributed by atoms with Crippen LogP contribution in [0.15, 0.2) is 22.7 Å². The summed E-state index contributed by atoms with van der Waals surface area (Å²) in [5.74, 6) is 0.943. The van der Waals surface area contributed by atoms with Crippen LogP contribution in [0.2, 0.25) is 0 Å². The minimum absolute atomic E-state index is 0. The van der Waals surface area contributed by atoms with Crippen molar-refractivity contribution in [3.63, 3.8) is 0 Å². The van der Waals surface area contributed by atoms with E-state index in [1.165, 1.54) is 24.0 Å². The SMILES string of the molecule is Cl.O=C(CCC1CCNCC1)NC1CCc2cc(Br)ccc21. The highest BCUT2D eigenvalue weighted by Gasteiger charge is 2.24. The fourth-order valence-corrected chi connectivity index (χ4v) is 3.92. The van der Waals surface area contributed by atoms with Gasteiger partial charge in [-0.3, -0.25) is 4.79 Å². The first-order valence-corrected chi connectivity index (χ1v) is 8.80. The molecule has 1 atom stereocenters. The van der Waals surface area contributed by atoms with Gasteiger partial charge in [-0.25, -0.2) is 0 Å². The largest absolute Gasteiger partial charge is 0.349 e. The molecule has 0 aromatic heterocycles. The molecule has 2 aliphatic rings. The number of rotatable bonds is 4. The average Bonchev–Trinajstić information content (AvgIpc) is 2.88. The van der Waals surface area contributed by atoms with Gasteiger partial charge < -0.3 is 10.6 Å². The first-order chi connectivity index (χ1) is 10.2. The molecule has 1 aliphatic heterocycles. The van der Waals surface area contributed by atoms with Gasteiger partial charge in [0.05, 0.1) is 6.04 Å². The van der Waals surface area contributed by atoms with Crippen molar-refractivity contribution in [2.24, 2.45) is 5.92 Å². The van der Waals surface area contributed by atoms with Crippen LogP contribution in [-0.2, 0) is 11.2 Å². The van der Waals surface area contributed by atoms with Gasteiger partial charge in [0.1, 0.15) is 0 Å². The number of halogens is 2. The van der Waals surface area contributed by atoms with E-state index in [1.54, 1.807) is 0 Å². The Labute approximate surface area is 147 Å². The van der Waals surface area contributed by atoms with Crippen LogP contribution in [0.25, 0.3) is 0 Å². The number of nitrogens with one attached hydrogen (secondary N) is 2. The predicted molar refractivity (Wildman–Crippen MR) is 95.4 cm³/mol. The van der Waals surface area contributed by atoms with Crippen molar-refractivity contribution in [3.8, 4) is 0 Å². The Bertz CT molecular complexity index is 517. The maximum Gasteiger partial charge on any atom is 0.220 e. The Kier molecular flexibility index (Phi) is 6.72. The van der Waals surface area contributed by atoms with Gasteiger partial charge in [-0.15, -0.1) is 12.4 Å². The smallest absolute Gasteiger partial charge is 0.220 e. The van der Waals surface area contributed by atoms with Crippen molar-refractivity contribution in [2.45, 2.75) is 44.6 Å². The summed E-state index contributed by atoms with van der Waals surface area (Å²) in [5, 5.41) is 6.60. The second kappa shape index (κ2) is 8.32. The lowest BCUT2D eigenvalue weighted by Gasteiger charge is -2.22. The van der Waals surface area contributed by atoms with Crippen LogP contribution in [0.5, 0.6) is 0 Å². The van der Waals surface area contributed by atoms with E-state index in [-0.39, 0.29) is 24.4 Å². The zero-order valence-corrected chi connectivity index (χ0v) is 15.1. The van der Waals surface area contributed by atoms with Crippen LogP contribution in [0.4, 0.5) is 0 Å². The van der Waals surface area contributed by atoms with E-state index >= 15 is 0 Å². The zero-order valence-electron chi connectivity index (χ0n) is 12.7. The van der Waals surface area contributed by atoms with E-state index in [2.05, 4.69) is 44.8 Å². The molecule has 0 bridgehead atoms. The number of carbonyl (C=O) groups is 1. The number of hydrogen-bond donors (Lipinski definition) is 2. The number of fused-ring (bicyclic) bond motifs is 1. The molecule has 1 unspecified atom stereocenters. The summed E-state index contributed by atoms with van der Waals surface area (Å²) in [6, 6.07) is 6.60. The van der Waals surface area contributed by atoms with Crippen molar-refractivity contribution in [2.75, 3.05) is 13.1 Å². The highest BCUT2D eigenvalue weighted by molar-refractivity contribution is 9.10. The predicted octanol–water partition coefficient (Wildman–Crippen LogP) is 3.75. The van der Waals surface area contributed by atoms with Gasteiger partial charge in [-0.1, -0.05) is 22.0 Å². The second-order valence-corrected chi connectivity index (χ2v) is 7.15. The molecule has 1 aliphatic carbocycles. The summed E-state index contributed by atoms with van der Waals surface area (Å²) in [6.45, 7) is 2.22. The molecule has 22 heavy (non-hydrogen) atoms. The van der Waals surface area contributed by atoms with E-state index < -0.39 is 0 Å². The minimum Gasteiger partial charge on any atom is -0.349 e. The molecule has 1 heterocycles. The van der Waals surface area contributed by atoms with Crippen molar-refractivity contribution in [1.82, 2.24) is 10.6 Å². The first-order valence-electron chi connectivity index (χ1n) is 8.01. The van der Waals surface area contributed by atoms with Gasteiger partial charge in [0, 0.05) is 10.9 Å². The standard InChI is InChI=1S/C17H23BrN2O.ClH/c18-14-3-4-15-13(11-14)2-5-16(15)20-17(21)6-1-12-7-9-19-10-8-12;/h3-4,11-12,16,19H,1-2,5-10H2,(H,20,21);1H. The highest BCUT2D eigenvalue weighted by atomic mass is 79.9. The molecule has 0 saturated carbocycles. The zero-order chi connectivity index (χ0) is 14.7. The third kappa shape index (κ3) is 4.46. The van der Waals surface area contributed by atoms with Gasteiger partial charge in [-0.2, -0.15) is 0 Å². The number of aryl methyl sites for hydroxylation is 1. The highest BCUT2D eigenvalue weighted by Crippen LogP contribution is 2.33. The lowest BCUT2D eigenvalue weighted by atomic mass is 9.93. The Morgan fingerprint density at radius 2 is 2.05 bits per heavy atom. The van der Waals surface area contributed by atoms with Crippen LogP contribution >= 0.6 is 28.3 Å². The van der Waals surface area contributed by atoms with Gasteiger partial charge in [0.2, 0.25) is 5.91 Å². The Morgan fingerprint density at radius 3 is 2.82 bits per heavy atom. The summed E-state index contributed by atoms with van der Waals surface area (Å²) in [7, 11) is 0. The normalized spacial score (nSPS) is 21.0. The van der Waals surface area contributed by atoms with Crippen molar-refractivity contribution < 1.29 is 4.79 Å². The Morgan fingerprint density at radius 1 is 1.27 bits per heavy atom. The summed E-state index contributed by atoms with van der Waals surface area (Å²) in [6.07, 6.45) is 6.24. The third-order valence-electron chi connectivity index (χ3n) is 4.76. The lowest BCUT2D eigenvalue weighted by Crippen LogP contribution is -2.30. The number of carbonyl (C=O) groups excluding carboxylic acids is 1. The van der Waals surface area contributed by atoms with Crippen LogP contribution in [-0.4, -0.2) is 19.0 Å². The summed E-state index contributed by atoms with van der Waals surface area (Å²) >= 11 is 3.51. The van der Waals surface area contributed by atoms with E-state index in [0.717, 1.165) is 42.7 Å². The monoisotopic (exact) mass is 386 g/mol. The number of piperidine rings is 1. The van der Waals surface area contributed by atoms with Gasteiger partial charge in [0.15, 0.2) is 0 Å². The molecule has 2 N–H and O–H groups in total. The number of hydrogen-bond acceptors (Lipinski definition) is 2. The van der Waals surface area contributed by atoms with Crippen molar-refractivity contribution in [1.29, 1.82) is 0 Å². The van der Waals surface area contributed by atoms with E-state index in [9.17, 15) is 4.79 Å². The number of benzene rings is 1. The molecule has 1 aromatic carbocycles. The van der Waals surface area contributed by atoms with Crippen LogP contribution in [0.3, 0.4) is 0 Å².